The maximum absolute atomic E-state index is 12.8. The zero-order chi connectivity index (χ0) is 25.7. The Balaban J connectivity index is 1.19. The average Bonchev–Trinajstić information content (AvgIpc) is 2.92. The first-order chi connectivity index (χ1) is 17.4. The van der Waals surface area contributed by atoms with Gasteiger partial charge >= 0.3 is 5.69 Å². The third-order valence-electron chi connectivity index (χ3n) is 7.42. The predicted molar refractivity (Wildman–Crippen MR) is 141 cm³/mol. The number of methoxy groups -OCH3 is 1. The fourth-order valence-corrected chi connectivity index (χ4v) is 5.09. The summed E-state index contributed by atoms with van der Waals surface area (Å²) in [7, 11) is 3.17. The highest BCUT2D eigenvalue weighted by molar-refractivity contribution is 5.79. The number of benzene rings is 1. The molecule has 0 unspecified atom stereocenters. The van der Waals surface area contributed by atoms with E-state index >= 15 is 0 Å². The number of hydrogen-bond acceptors (Lipinski definition) is 7. The van der Waals surface area contributed by atoms with Crippen LogP contribution in [0, 0.1) is 5.92 Å². The average molecular weight is 499 g/mol. The molecule has 1 N–H and O–H groups in total. The number of hydrogen-bond donors (Lipinski definition) is 1. The number of carbonyl (C=O) groups is 1. The number of rotatable bonds is 8. The van der Waals surface area contributed by atoms with Gasteiger partial charge in [0.1, 0.15) is 11.6 Å². The number of nitrogens with one attached hydrogen (secondary N) is 1. The lowest BCUT2D eigenvalue weighted by molar-refractivity contribution is -0.125. The molecule has 0 bridgehead atoms. The molecule has 0 saturated carbocycles. The zero-order valence-electron chi connectivity index (χ0n) is 21.6. The van der Waals surface area contributed by atoms with Gasteiger partial charge in [0.15, 0.2) is 0 Å². The SMILES string of the molecule is CCn1c(N2CCC(C(=O)NCCN3CCN(c4ccc(OC)cc4)CC3)CC2)cc(=O)n(C)c1=O. The van der Waals surface area contributed by atoms with Gasteiger partial charge in [-0.3, -0.25) is 23.6 Å². The Kier molecular flexibility index (Phi) is 8.35. The van der Waals surface area contributed by atoms with Crippen LogP contribution >= 0.6 is 0 Å². The molecule has 2 saturated heterocycles. The van der Waals surface area contributed by atoms with Crippen LogP contribution in [0.5, 0.6) is 5.75 Å². The van der Waals surface area contributed by atoms with Crippen molar-refractivity contribution in [2.75, 3.05) is 69.3 Å². The highest BCUT2D eigenvalue weighted by Gasteiger charge is 2.27. The van der Waals surface area contributed by atoms with Gasteiger partial charge in [-0.25, -0.2) is 4.79 Å². The molecule has 2 aliphatic rings. The van der Waals surface area contributed by atoms with Crippen molar-refractivity contribution < 1.29 is 9.53 Å². The Bertz CT molecular complexity index is 1140. The Morgan fingerprint density at radius 3 is 2.28 bits per heavy atom. The molecule has 1 aromatic heterocycles. The quantitative estimate of drug-likeness (QED) is 0.574. The second-order valence-electron chi connectivity index (χ2n) is 9.51. The molecule has 1 aromatic carbocycles. The molecule has 10 heteroatoms. The molecule has 4 rings (SSSR count). The van der Waals surface area contributed by atoms with Crippen molar-refractivity contribution in [3.8, 4) is 5.75 Å². The van der Waals surface area contributed by atoms with E-state index in [1.807, 2.05) is 19.1 Å². The third kappa shape index (κ3) is 5.75. The van der Waals surface area contributed by atoms with E-state index in [4.69, 9.17) is 4.74 Å². The first-order valence-corrected chi connectivity index (χ1v) is 12.9. The number of carbonyl (C=O) groups excluding carboxylic acids is 1. The standard InChI is InChI=1S/C26H38N6O4/c1-4-32-23(19-24(33)28(2)26(32)35)31-12-9-20(10-13-31)25(34)27-11-14-29-15-17-30(18-16-29)21-5-7-22(36-3)8-6-21/h5-8,19-20H,4,9-18H2,1-3H3,(H,27,34). The van der Waals surface area contributed by atoms with E-state index in [1.165, 1.54) is 18.8 Å². The van der Waals surface area contributed by atoms with Crippen molar-refractivity contribution in [1.29, 1.82) is 0 Å². The number of aromatic nitrogens is 2. The molecule has 3 heterocycles. The molecular formula is C26H38N6O4. The number of amides is 1. The van der Waals surface area contributed by atoms with E-state index in [0.717, 1.165) is 43.0 Å². The van der Waals surface area contributed by atoms with E-state index in [1.54, 1.807) is 11.7 Å². The van der Waals surface area contributed by atoms with Crippen LogP contribution in [-0.2, 0) is 18.4 Å². The Morgan fingerprint density at radius 2 is 1.67 bits per heavy atom. The van der Waals surface area contributed by atoms with Crippen molar-refractivity contribution in [1.82, 2.24) is 19.4 Å². The van der Waals surface area contributed by atoms with Gasteiger partial charge in [0.25, 0.3) is 5.56 Å². The fraction of sp³-hybridized carbons (Fsp3) is 0.577. The molecule has 0 radical (unpaired) electrons. The fourth-order valence-electron chi connectivity index (χ4n) is 5.09. The summed E-state index contributed by atoms with van der Waals surface area (Å²) in [5, 5.41) is 3.12. The van der Waals surface area contributed by atoms with E-state index < -0.39 is 0 Å². The van der Waals surface area contributed by atoms with E-state index in [0.29, 0.717) is 44.8 Å². The Hall–Kier alpha value is -3.27. The van der Waals surface area contributed by atoms with Crippen LogP contribution in [0.15, 0.2) is 39.9 Å². The number of piperidine rings is 1. The second-order valence-corrected chi connectivity index (χ2v) is 9.51. The predicted octanol–water partition coefficient (Wildman–Crippen LogP) is 0.730. The van der Waals surface area contributed by atoms with Gasteiger partial charge in [-0.1, -0.05) is 0 Å². The third-order valence-corrected chi connectivity index (χ3v) is 7.42. The molecule has 2 aliphatic heterocycles. The summed E-state index contributed by atoms with van der Waals surface area (Å²) < 4.78 is 7.99. The van der Waals surface area contributed by atoms with Gasteiger partial charge in [-0.2, -0.15) is 0 Å². The van der Waals surface area contributed by atoms with Crippen LogP contribution in [0.3, 0.4) is 0 Å². The minimum absolute atomic E-state index is 0.0403. The minimum atomic E-state index is -0.301. The summed E-state index contributed by atoms with van der Waals surface area (Å²) in [6.07, 6.45) is 1.42. The second kappa shape index (κ2) is 11.6. The first kappa shape index (κ1) is 25.8. The summed E-state index contributed by atoms with van der Waals surface area (Å²) in [5.74, 6) is 1.58. The van der Waals surface area contributed by atoms with Crippen LogP contribution in [0.4, 0.5) is 11.5 Å². The van der Waals surface area contributed by atoms with Crippen LogP contribution < -0.4 is 31.1 Å². The highest BCUT2D eigenvalue weighted by atomic mass is 16.5. The Morgan fingerprint density at radius 1 is 1.00 bits per heavy atom. The number of ether oxygens (including phenoxy) is 1. The highest BCUT2D eigenvalue weighted by Crippen LogP contribution is 2.22. The lowest BCUT2D eigenvalue weighted by Gasteiger charge is -2.36. The largest absolute Gasteiger partial charge is 0.497 e. The van der Waals surface area contributed by atoms with Crippen LogP contribution in [0.1, 0.15) is 19.8 Å². The first-order valence-electron chi connectivity index (χ1n) is 12.9. The topological polar surface area (TPSA) is 92.1 Å². The maximum Gasteiger partial charge on any atom is 0.332 e. The Labute approximate surface area is 212 Å². The molecule has 2 fully saturated rings. The van der Waals surface area contributed by atoms with Gasteiger partial charge in [0, 0.05) is 83.6 Å². The molecule has 0 aliphatic carbocycles. The zero-order valence-corrected chi connectivity index (χ0v) is 21.6. The van der Waals surface area contributed by atoms with E-state index in [-0.39, 0.29) is 23.1 Å². The summed E-state index contributed by atoms with van der Waals surface area (Å²) in [5.41, 5.74) is 0.607. The molecule has 0 atom stereocenters. The molecule has 196 valence electrons. The van der Waals surface area contributed by atoms with Crippen molar-refractivity contribution >= 4 is 17.4 Å². The molecule has 10 nitrogen and oxygen atoms in total. The smallest absolute Gasteiger partial charge is 0.332 e. The van der Waals surface area contributed by atoms with Crippen molar-refractivity contribution in [2.24, 2.45) is 13.0 Å². The molecule has 1 amide bonds. The van der Waals surface area contributed by atoms with Gasteiger partial charge in [-0.15, -0.1) is 0 Å². The molecule has 36 heavy (non-hydrogen) atoms. The van der Waals surface area contributed by atoms with Crippen molar-refractivity contribution in [2.45, 2.75) is 26.3 Å². The molecule has 2 aromatic rings. The van der Waals surface area contributed by atoms with Crippen LogP contribution in [-0.4, -0.2) is 79.4 Å². The van der Waals surface area contributed by atoms with Crippen LogP contribution in [0.2, 0.25) is 0 Å². The monoisotopic (exact) mass is 498 g/mol. The van der Waals surface area contributed by atoms with E-state index in [2.05, 4.69) is 32.1 Å². The normalized spacial score (nSPS) is 17.3. The van der Waals surface area contributed by atoms with Crippen LogP contribution in [0.25, 0.3) is 0 Å². The lowest BCUT2D eigenvalue weighted by atomic mass is 9.96. The van der Waals surface area contributed by atoms with E-state index in [9.17, 15) is 14.4 Å². The van der Waals surface area contributed by atoms with Gasteiger partial charge < -0.3 is 19.9 Å². The number of anilines is 2. The summed E-state index contributed by atoms with van der Waals surface area (Å²) >= 11 is 0. The molecule has 0 spiro atoms. The number of nitrogens with zero attached hydrogens (tertiary/aromatic N) is 5. The lowest BCUT2D eigenvalue weighted by Crippen LogP contribution is -2.49. The molecular weight excluding hydrogens is 460 g/mol. The summed E-state index contributed by atoms with van der Waals surface area (Å²) in [6, 6.07) is 9.70. The summed E-state index contributed by atoms with van der Waals surface area (Å²) in [6.45, 7) is 9.05. The maximum atomic E-state index is 12.8. The van der Waals surface area contributed by atoms with Crippen molar-refractivity contribution in [3.05, 3.63) is 51.2 Å². The minimum Gasteiger partial charge on any atom is -0.497 e. The van der Waals surface area contributed by atoms with Gasteiger partial charge in [-0.05, 0) is 44.0 Å². The van der Waals surface area contributed by atoms with Gasteiger partial charge in [0.05, 0.1) is 7.11 Å². The number of piperazine rings is 1. The van der Waals surface area contributed by atoms with Gasteiger partial charge in [0.2, 0.25) is 5.91 Å². The summed E-state index contributed by atoms with van der Waals surface area (Å²) in [4.78, 5) is 44.2. The van der Waals surface area contributed by atoms with Crippen molar-refractivity contribution in [3.63, 3.8) is 0 Å².